The molecule has 1 atom stereocenters. The SMILES string of the molecule is COCC(=O)N[C@@H](CC#C[Si](C)(C)C(C)(C)C)C(=O)O. The molecule has 0 bridgehead atoms. The number of carbonyl (C=O) groups excluding carboxylic acids is 1. The van der Waals surface area contributed by atoms with Crippen molar-refractivity contribution < 1.29 is 19.4 Å². The minimum atomic E-state index is -1.75. The van der Waals surface area contributed by atoms with Crippen molar-refractivity contribution in [2.24, 2.45) is 0 Å². The highest BCUT2D eigenvalue weighted by molar-refractivity contribution is 6.87. The molecule has 114 valence electrons. The van der Waals surface area contributed by atoms with Gasteiger partial charge in [-0.25, -0.2) is 4.79 Å². The van der Waals surface area contributed by atoms with Crippen molar-refractivity contribution >= 4 is 20.0 Å². The van der Waals surface area contributed by atoms with Crippen LogP contribution in [-0.4, -0.2) is 44.8 Å². The van der Waals surface area contributed by atoms with E-state index in [2.05, 4.69) is 55.4 Å². The zero-order valence-electron chi connectivity index (χ0n) is 13.2. The molecule has 0 fully saturated rings. The van der Waals surface area contributed by atoms with E-state index < -0.39 is 26.0 Å². The van der Waals surface area contributed by atoms with Crippen molar-refractivity contribution in [1.29, 1.82) is 0 Å². The maximum Gasteiger partial charge on any atom is 0.327 e. The maximum absolute atomic E-state index is 11.3. The molecule has 0 spiro atoms. The molecular formula is C14H25NO4Si. The summed E-state index contributed by atoms with van der Waals surface area (Å²) < 4.78 is 4.65. The van der Waals surface area contributed by atoms with Crippen LogP contribution in [0.5, 0.6) is 0 Å². The Morgan fingerprint density at radius 1 is 1.35 bits per heavy atom. The molecule has 1 amide bonds. The van der Waals surface area contributed by atoms with Gasteiger partial charge in [-0.3, -0.25) is 4.79 Å². The lowest BCUT2D eigenvalue weighted by Gasteiger charge is -2.31. The van der Waals surface area contributed by atoms with Crippen molar-refractivity contribution in [3.8, 4) is 11.5 Å². The fraction of sp³-hybridized carbons (Fsp3) is 0.714. The average Bonchev–Trinajstić information content (AvgIpc) is 2.26. The van der Waals surface area contributed by atoms with Gasteiger partial charge in [-0.1, -0.05) is 33.9 Å². The average molecular weight is 299 g/mol. The van der Waals surface area contributed by atoms with Gasteiger partial charge in [0.15, 0.2) is 0 Å². The molecule has 20 heavy (non-hydrogen) atoms. The third-order valence-electron chi connectivity index (χ3n) is 3.49. The lowest BCUT2D eigenvalue weighted by molar-refractivity contribution is -0.142. The Morgan fingerprint density at radius 3 is 2.30 bits per heavy atom. The molecule has 6 heteroatoms. The summed E-state index contributed by atoms with van der Waals surface area (Å²) in [6.07, 6.45) is 0.108. The van der Waals surface area contributed by atoms with Gasteiger partial charge in [0, 0.05) is 13.5 Å². The van der Waals surface area contributed by atoms with Crippen molar-refractivity contribution in [2.75, 3.05) is 13.7 Å². The number of aliphatic carboxylic acids is 1. The molecule has 0 radical (unpaired) electrons. The van der Waals surface area contributed by atoms with Gasteiger partial charge in [0.2, 0.25) is 5.91 Å². The molecule has 0 aliphatic carbocycles. The van der Waals surface area contributed by atoms with Crippen LogP contribution in [0, 0.1) is 11.5 Å². The number of amides is 1. The lowest BCUT2D eigenvalue weighted by atomic mass is 10.2. The highest BCUT2D eigenvalue weighted by atomic mass is 28.3. The van der Waals surface area contributed by atoms with Gasteiger partial charge in [-0.05, 0) is 5.04 Å². The van der Waals surface area contributed by atoms with E-state index in [9.17, 15) is 9.59 Å². The number of ether oxygens (including phenoxy) is 1. The van der Waals surface area contributed by atoms with E-state index >= 15 is 0 Å². The van der Waals surface area contributed by atoms with Crippen LogP contribution < -0.4 is 5.32 Å². The smallest absolute Gasteiger partial charge is 0.327 e. The third kappa shape index (κ3) is 6.22. The predicted molar refractivity (Wildman–Crippen MR) is 81.0 cm³/mol. The predicted octanol–water partition coefficient (Wildman–Crippen LogP) is 1.64. The molecule has 0 saturated heterocycles. The van der Waals surface area contributed by atoms with Gasteiger partial charge in [0.05, 0.1) is 0 Å². The Morgan fingerprint density at radius 2 is 1.90 bits per heavy atom. The van der Waals surface area contributed by atoms with Crippen LogP contribution in [0.4, 0.5) is 0 Å². The standard InChI is InChI=1S/C14H25NO4Si/c1-14(2,3)20(5,6)9-7-8-11(13(17)18)15-12(16)10-19-4/h11H,8,10H2,1-6H3,(H,15,16)(H,17,18)/t11-/m0/s1. The first-order valence-corrected chi connectivity index (χ1v) is 9.52. The number of rotatable bonds is 5. The summed E-state index contributed by atoms with van der Waals surface area (Å²) in [6, 6.07) is -0.991. The fourth-order valence-corrected chi connectivity index (χ4v) is 2.05. The minimum absolute atomic E-state index is 0.108. The summed E-state index contributed by atoms with van der Waals surface area (Å²) >= 11 is 0. The van der Waals surface area contributed by atoms with Crippen molar-refractivity contribution in [2.45, 2.75) is 51.4 Å². The topological polar surface area (TPSA) is 75.6 Å². The van der Waals surface area contributed by atoms with Gasteiger partial charge in [-0.15, -0.1) is 11.5 Å². The van der Waals surface area contributed by atoms with Gasteiger partial charge in [-0.2, -0.15) is 0 Å². The Balaban J connectivity index is 4.74. The quantitative estimate of drug-likeness (QED) is 0.598. The number of hydrogen-bond acceptors (Lipinski definition) is 3. The van der Waals surface area contributed by atoms with E-state index in [1.165, 1.54) is 7.11 Å². The summed E-state index contributed by atoms with van der Waals surface area (Å²) in [4.78, 5) is 22.4. The molecule has 0 rings (SSSR count). The van der Waals surface area contributed by atoms with Gasteiger partial charge in [0.25, 0.3) is 0 Å². The first kappa shape index (κ1) is 18.7. The zero-order valence-corrected chi connectivity index (χ0v) is 14.2. The molecule has 0 aromatic heterocycles. The zero-order chi connectivity index (χ0) is 16.0. The number of carboxylic acid groups (broad SMARTS) is 1. The van der Waals surface area contributed by atoms with Crippen LogP contribution in [0.15, 0.2) is 0 Å². The second kappa shape index (κ2) is 7.46. The van der Waals surface area contributed by atoms with Crippen LogP contribution >= 0.6 is 0 Å². The molecule has 5 nitrogen and oxygen atoms in total. The van der Waals surface area contributed by atoms with Gasteiger partial charge in [0.1, 0.15) is 20.7 Å². The largest absolute Gasteiger partial charge is 0.480 e. The lowest BCUT2D eigenvalue weighted by Crippen LogP contribution is -2.42. The molecule has 0 aromatic carbocycles. The van der Waals surface area contributed by atoms with E-state index in [0.29, 0.717) is 0 Å². The second-order valence-electron chi connectivity index (χ2n) is 6.27. The molecule has 0 aromatic rings. The summed E-state index contributed by atoms with van der Waals surface area (Å²) in [6.45, 7) is 10.6. The normalized spacial score (nSPS) is 13.1. The highest BCUT2D eigenvalue weighted by Crippen LogP contribution is 2.35. The third-order valence-corrected chi connectivity index (χ3v) is 8.04. The number of hydrogen-bond donors (Lipinski definition) is 2. The first-order valence-electron chi connectivity index (χ1n) is 6.52. The van der Waals surface area contributed by atoms with E-state index in [-0.39, 0.29) is 18.1 Å². The van der Waals surface area contributed by atoms with E-state index in [4.69, 9.17) is 5.11 Å². The number of nitrogens with one attached hydrogen (secondary N) is 1. The van der Waals surface area contributed by atoms with Crippen LogP contribution in [0.2, 0.25) is 18.1 Å². The van der Waals surface area contributed by atoms with Crippen molar-refractivity contribution in [3.05, 3.63) is 0 Å². The number of methoxy groups -OCH3 is 1. The van der Waals surface area contributed by atoms with Crippen LogP contribution in [0.1, 0.15) is 27.2 Å². The highest BCUT2D eigenvalue weighted by Gasteiger charge is 2.33. The Labute approximate surface area is 122 Å². The molecule has 0 aliphatic rings. The molecule has 0 aliphatic heterocycles. The summed E-state index contributed by atoms with van der Waals surface area (Å²) in [5.74, 6) is 1.40. The van der Waals surface area contributed by atoms with E-state index in [1.54, 1.807) is 0 Å². The Hall–Kier alpha value is -1.32. The Bertz CT molecular complexity index is 415. The van der Waals surface area contributed by atoms with Gasteiger partial charge >= 0.3 is 5.97 Å². The minimum Gasteiger partial charge on any atom is -0.480 e. The monoisotopic (exact) mass is 299 g/mol. The second-order valence-corrected chi connectivity index (χ2v) is 11.3. The molecule has 0 saturated carbocycles. The van der Waals surface area contributed by atoms with Crippen molar-refractivity contribution in [3.63, 3.8) is 0 Å². The Kier molecular flexibility index (Phi) is 6.96. The summed E-state index contributed by atoms with van der Waals surface area (Å²) in [7, 11) is -0.372. The van der Waals surface area contributed by atoms with Gasteiger partial charge < -0.3 is 15.2 Å². The van der Waals surface area contributed by atoms with Crippen LogP contribution in [-0.2, 0) is 14.3 Å². The maximum atomic E-state index is 11.3. The molecule has 0 heterocycles. The molecular weight excluding hydrogens is 274 g/mol. The summed E-state index contributed by atoms with van der Waals surface area (Å²) in [5.41, 5.74) is 3.23. The number of carboxylic acids is 1. The van der Waals surface area contributed by atoms with Crippen LogP contribution in [0.3, 0.4) is 0 Å². The summed E-state index contributed by atoms with van der Waals surface area (Å²) in [5, 5.41) is 11.6. The molecule has 2 N–H and O–H groups in total. The fourth-order valence-electron chi connectivity index (χ4n) is 1.13. The van der Waals surface area contributed by atoms with Crippen LogP contribution in [0.25, 0.3) is 0 Å². The number of carbonyl (C=O) groups is 2. The van der Waals surface area contributed by atoms with Crippen molar-refractivity contribution in [1.82, 2.24) is 5.32 Å². The van der Waals surface area contributed by atoms with E-state index in [1.807, 2.05) is 0 Å². The molecule has 0 unspecified atom stereocenters. The van der Waals surface area contributed by atoms with E-state index in [0.717, 1.165) is 0 Å². The first-order chi connectivity index (χ1) is 9.01.